The first-order chi connectivity index (χ1) is 16.1. The number of ether oxygens (including phenoxy) is 1. The standard InChI is InChI=1S/C23H26N4O6S/c1-7-13(15(32-6)8-11(2)3)24-17-18(21(30)20(17)29)25-14-10-34-22(19(14)28)23(31)27(5)16-9-12(4)33-26-16/h8-10,13,24-25,28H,2,7H2,1,3-6H3/b15-8-/t13-/m1/s1. The third kappa shape index (κ3) is 4.74. The van der Waals surface area contributed by atoms with E-state index in [1.807, 2.05) is 13.8 Å². The number of aryl methyl sites for hydroxylation is 1. The second kappa shape index (κ2) is 9.96. The number of aromatic hydroxyl groups is 1. The lowest BCUT2D eigenvalue weighted by molar-refractivity contribution is 0.0993. The van der Waals surface area contributed by atoms with Gasteiger partial charge in [0, 0.05) is 18.5 Å². The van der Waals surface area contributed by atoms with Crippen molar-refractivity contribution < 1.29 is 19.2 Å². The van der Waals surface area contributed by atoms with E-state index >= 15 is 0 Å². The van der Waals surface area contributed by atoms with Gasteiger partial charge < -0.3 is 25.0 Å². The van der Waals surface area contributed by atoms with Crippen LogP contribution >= 0.6 is 11.3 Å². The number of carbonyl (C=O) groups excluding carboxylic acids is 1. The summed E-state index contributed by atoms with van der Waals surface area (Å²) >= 11 is 0.987. The first-order valence-electron chi connectivity index (χ1n) is 10.4. The van der Waals surface area contributed by atoms with Gasteiger partial charge in [0.05, 0.1) is 18.8 Å². The minimum Gasteiger partial charge on any atom is -0.504 e. The molecule has 0 radical (unpaired) electrons. The van der Waals surface area contributed by atoms with Crippen LogP contribution in [0.2, 0.25) is 0 Å². The molecule has 2 heterocycles. The maximum Gasteiger partial charge on any atom is 0.273 e. The first-order valence-corrected chi connectivity index (χ1v) is 11.3. The number of allylic oxidation sites excluding steroid dienone is 2. The van der Waals surface area contributed by atoms with Crippen molar-refractivity contribution >= 4 is 40.1 Å². The van der Waals surface area contributed by atoms with Crippen LogP contribution in [0.15, 0.2) is 49.5 Å². The second-order valence-electron chi connectivity index (χ2n) is 7.72. The van der Waals surface area contributed by atoms with Crippen LogP contribution in [0, 0.1) is 6.92 Å². The van der Waals surface area contributed by atoms with Crippen LogP contribution < -0.4 is 26.4 Å². The Labute approximate surface area is 199 Å². The van der Waals surface area contributed by atoms with Gasteiger partial charge in [-0.3, -0.25) is 19.3 Å². The highest BCUT2D eigenvalue weighted by molar-refractivity contribution is 7.13. The van der Waals surface area contributed by atoms with E-state index in [4.69, 9.17) is 9.26 Å². The number of aromatic nitrogens is 1. The van der Waals surface area contributed by atoms with Gasteiger partial charge in [-0.25, -0.2) is 0 Å². The molecule has 0 saturated carbocycles. The van der Waals surface area contributed by atoms with Crippen molar-refractivity contribution in [3.8, 4) is 5.75 Å². The van der Waals surface area contributed by atoms with Crippen molar-refractivity contribution in [3.05, 3.63) is 66.5 Å². The zero-order chi connectivity index (χ0) is 25.2. The summed E-state index contributed by atoms with van der Waals surface area (Å²) in [6, 6.07) is 1.21. The molecule has 3 aromatic rings. The molecule has 0 aliphatic rings. The average molecular weight is 487 g/mol. The predicted octanol–water partition coefficient (Wildman–Crippen LogP) is 3.66. The molecule has 0 spiro atoms. The van der Waals surface area contributed by atoms with Crippen LogP contribution in [0.3, 0.4) is 0 Å². The molecule has 2 aromatic heterocycles. The Kier molecular flexibility index (Phi) is 7.26. The molecule has 34 heavy (non-hydrogen) atoms. The highest BCUT2D eigenvalue weighted by Crippen LogP contribution is 2.38. The van der Waals surface area contributed by atoms with E-state index in [-0.39, 0.29) is 33.7 Å². The number of thiophene rings is 1. The molecule has 10 nitrogen and oxygen atoms in total. The Morgan fingerprint density at radius 1 is 1.38 bits per heavy atom. The molecule has 0 bridgehead atoms. The maximum absolute atomic E-state index is 12.8. The zero-order valence-corrected chi connectivity index (χ0v) is 20.3. The number of methoxy groups -OCH3 is 1. The topological polar surface area (TPSA) is 134 Å². The Morgan fingerprint density at radius 3 is 2.62 bits per heavy atom. The lowest BCUT2D eigenvalue weighted by atomic mass is 10.1. The number of nitrogens with one attached hydrogen (secondary N) is 2. The Bertz CT molecular complexity index is 1330. The summed E-state index contributed by atoms with van der Waals surface area (Å²) in [4.78, 5) is 38.6. The smallest absolute Gasteiger partial charge is 0.273 e. The molecular formula is C23H26N4O6S. The molecular weight excluding hydrogens is 460 g/mol. The van der Waals surface area contributed by atoms with E-state index in [2.05, 4.69) is 22.4 Å². The van der Waals surface area contributed by atoms with Crippen molar-refractivity contribution in [2.45, 2.75) is 33.2 Å². The van der Waals surface area contributed by atoms with Crippen LogP contribution in [0.1, 0.15) is 35.7 Å². The zero-order valence-electron chi connectivity index (χ0n) is 19.5. The second-order valence-corrected chi connectivity index (χ2v) is 8.60. The van der Waals surface area contributed by atoms with Crippen molar-refractivity contribution in [1.29, 1.82) is 0 Å². The lowest BCUT2D eigenvalue weighted by Crippen LogP contribution is -2.39. The van der Waals surface area contributed by atoms with Gasteiger partial charge in [-0.05, 0) is 26.3 Å². The van der Waals surface area contributed by atoms with Gasteiger partial charge in [-0.2, -0.15) is 0 Å². The SMILES string of the molecule is C=C(C)/C=C(\OC)[C@@H](CC)Nc1c(Nc2csc(C(=O)N(C)c3cc(C)on3)c2O)c(=O)c1=O. The van der Waals surface area contributed by atoms with E-state index in [1.165, 1.54) is 24.4 Å². The third-order valence-corrected chi connectivity index (χ3v) is 6.04. The van der Waals surface area contributed by atoms with Gasteiger partial charge >= 0.3 is 0 Å². The summed E-state index contributed by atoms with van der Waals surface area (Å²) in [6.07, 6.45) is 2.32. The fourth-order valence-electron chi connectivity index (χ4n) is 3.24. The Balaban J connectivity index is 1.84. The Morgan fingerprint density at radius 2 is 2.06 bits per heavy atom. The average Bonchev–Trinajstić information content (AvgIpc) is 3.41. The first kappa shape index (κ1) is 24.8. The van der Waals surface area contributed by atoms with Crippen molar-refractivity contribution in [1.82, 2.24) is 5.16 Å². The van der Waals surface area contributed by atoms with Crippen LogP contribution in [-0.2, 0) is 4.74 Å². The molecule has 0 aliphatic carbocycles. The molecule has 3 rings (SSSR count). The van der Waals surface area contributed by atoms with Crippen molar-refractivity contribution in [2.75, 3.05) is 29.7 Å². The van der Waals surface area contributed by atoms with Gasteiger partial charge in [-0.1, -0.05) is 24.2 Å². The number of hydrogen-bond donors (Lipinski definition) is 3. The van der Waals surface area contributed by atoms with Crippen LogP contribution in [-0.4, -0.2) is 36.4 Å². The highest BCUT2D eigenvalue weighted by Gasteiger charge is 2.28. The summed E-state index contributed by atoms with van der Waals surface area (Å²) in [5.74, 6) is 0.543. The van der Waals surface area contributed by atoms with E-state index in [0.717, 1.165) is 16.9 Å². The molecule has 0 unspecified atom stereocenters. The minimum atomic E-state index is -0.728. The van der Waals surface area contributed by atoms with Crippen LogP contribution in [0.5, 0.6) is 5.75 Å². The molecule has 3 N–H and O–H groups in total. The molecule has 0 aliphatic heterocycles. The summed E-state index contributed by atoms with van der Waals surface area (Å²) < 4.78 is 10.4. The van der Waals surface area contributed by atoms with Gasteiger partial charge in [0.2, 0.25) is 0 Å². The lowest BCUT2D eigenvalue weighted by Gasteiger charge is -2.23. The van der Waals surface area contributed by atoms with Gasteiger partial charge in [0.1, 0.15) is 27.8 Å². The monoisotopic (exact) mass is 486 g/mol. The maximum atomic E-state index is 12.8. The molecule has 11 heteroatoms. The van der Waals surface area contributed by atoms with Crippen molar-refractivity contribution in [3.63, 3.8) is 0 Å². The number of amides is 1. The largest absolute Gasteiger partial charge is 0.504 e. The predicted molar refractivity (Wildman–Crippen MR) is 132 cm³/mol. The van der Waals surface area contributed by atoms with E-state index < -0.39 is 16.8 Å². The minimum absolute atomic E-state index is 0.00167. The molecule has 1 atom stereocenters. The quantitative estimate of drug-likeness (QED) is 0.223. The number of nitrogens with zero attached hydrogens (tertiary/aromatic N) is 2. The van der Waals surface area contributed by atoms with Crippen molar-refractivity contribution in [2.24, 2.45) is 0 Å². The number of anilines is 4. The summed E-state index contributed by atoms with van der Waals surface area (Å²) in [5.41, 5.74) is -0.429. The fourth-order valence-corrected chi connectivity index (χ4v) is 4.10. The number of carbonyl (C=O) groups is 1. The molecule has 1 amide bonds. The summed E-state index contributed by atoms with van der Waals surface area (Å²) in [5, 5.41) is 21.7. The Hall–Kier alpha value is -3.86. The van der Waals surface area contributed by atoms with E-state index in [1.54, 1.807) is 19.1 Å². The van der Waals surface area contributed by atoms with Crippen LogP contribution in [0.25, 0.3) is 0 Å². The van der Waals surface area contributed by atoms with Gasteiger partial charge in [0.25, 0.3) is 16.8 Å². The normalized spacial score (nSPS) is 12.4. The number of rotatable bonds is 10. The summed E-state index contributed by atoms with van der Waals surface area (Å²) in [7, 11) is 3.01. The summed E-state index contributed by atoms with van der Waals surface area (Å²) in [6.45, 7) is 9.25. The number of hydrogen-bond acceptors (Lipinski definition) is 10. The molecule has 0 saturated heterocycles. The van der Waals surface area contributed by atoms with E-state index in [9.17, 15) is 19.5 Å². The van der Waals surface area contributed by atoms with Crippen LogP contribution in [0.4, 0.5) is 22.9 Å². The third-order valence-electron chi connectivity index (χ3n) is 5.09. The van der Waals surface area contributed by atoms with Gasteiger partial charge in [-0.15, -0.1) is 11.3 Å². The van der Waals surface area contributed by atoms with E-state index in [0.29, 0.717) is 23.8 Å². The molecule has 1 aromatic carbocycles. The molecule has 180 valence electrons. The fraction of sp³-hybridized carbons (Fsp3) is 0.304. The van der Waals surface area contributed by atoms with Gasteiger partial charge in [0.15, 0.2) is 11.6 Å². The highest BCUT2D eigenvalue weighted by atomic mass is 32.1. The molecule has 0 fully saturated rings.